The van der Waals surface area contributed by atoms with Crippen LogP contribution in [0.4, 0.5) is 0 Å². The van der Waals surface area contributed by atoms with Crippen molar-refractivity contribution >= 4 is 11.7 Å². The fourth-order valence-electron chi connectivity index (χ4n) is 0.756. The first-order valence-electron chi connectivity index (χ1n) is 4.32. The van der Waals surface area contributed by atoms with Crippen molar-refractivity contribution in [1.29, 1.82) is 0 Å². The van der Waals surface area contributed by atoms with E-state index < -0.39 is 0 Å². The van der Waals surface area contributed by atoms with E-state index in [0.29, 0.717) is 12.3 Å². The highest BCUT2D eigenvalue weighted by Gasteiger charge is 2.06. The third-order valence-electron chi connectivity index (χ3n) is 1.77. The van der Waals surface area contributed by atoms with E-state index in [4.69, 9.17) is 0 Å². The molecule has 0 radical (unpaired) electrons. The Morgan fingerprint density at radius 3 is 2.42 bits per heavy atom. The Morgan fingerprint density at radius 2 is 2.00 bits per heavy atom. The number of hydrogen-bond acceptors (Lipinski definition) is 2. The average molecular weight is 171 g/mol. The largest absolute Gasteiger partial charge is 0.349 e. The maximum Gasteiger partial charge on any atom is 0.220 e. The van der Waals surface area contributed by atoms with Gasteiger partial charge in [0.25, 0.3) is 0 Å². The molecule has 0 saturated carbocycles. The summed E-state index contributed by atoms with van der Waals surface area (Å²) in [5, 5.41) is 2.56. The van der Waals surface area contributed by atoms with Gasteiger partial charge in [-0.25, -0.2) is 0 Å². The molecule has 0 aromatic carbocycles. The second kappa shape index (κ2) is 5.75. The van der Waals surface area contributed by atoms with E-state index in [0.717, 1.165) is 6.42 Å². The zero-order valence-corrected chi connectivity index (χ0v) is 8.02. The van der Waals surface area contributed by atoms with Gasteiger partial charge in [0.1, 0.15) is 5.78 Å². The monoisotopic (exact) mass is 171 g/mol. The smallest absolute Gasteiger partial charge is 0.220 e. The van der Waals surface area contributed by atoms with E-state index in [2.05, 4.69) is 5.32 Å². The summed E-state index contributed by atoms with van der Waals surface area (Å²) in [7, 11) is 0. The van der Waals surface area contributed by atoms with Gasteiger partial charge in [0.05, 0.1) is 6.54 Å². The molecule has 0 aliphatic heterocycles. The Kier molecular flexibility index (Phi) is 5.34. The normalized spacial score (nSPS) is 12.2. The highest BCUT2D eigenvalue weighted by Crippen LogP contribution is 2.04. The zero-order chi connectivity index (χ0) is 9.56. The van der Waals surface area contributed by atoms with Gasteiger partial charge in [0.15, 0.2) is 0 Å². The second-order valence-corrected chi connectivity index (χ2v) is 3.20. The van der Waals surface area contributed by atoms with E-state index in [-0.39, 0.29) is 18.2 Å². The number of hydrogen-bond donors (Lipinski definition) is 1. The van der Waals surface area contributed by atoms with E-state index in [9.17, 15) is 9.59 Å². The minimum Gasteiger partial charge on any atom is -0.349 e. The quantitative estimate of drug-likeness (QED) is 0.674. The standard InChI is InChI=1S/C9H17NO2/c1-4-7(2)5-9(12)10-6-8(3)11/h7H,4-6H2,1-3H3,(H,10,12). The van der Waals surface area contributed by atoms with Gasteiger partial charge in [0, 0.05) is 6.42 Å². The molecular formula is C9H17NO2. The lowest BCUT2D eigenvalue weighted by Gasteiger charge is -2.07. The molecular weight excluding hydrogens is 154 g/mol. The molecule has 0 fully saturated rings. The minimum absolute atomic E-state index is 0.00694. The third kappa shape index (κ3) is 5.89. The molecule has 0 spiro atoms. The van der Waals surface area contributed by atoms with Crippen LogP contribution in [0.25, 0.3) is 0 Å². The van der Waals surface area contributed by atoms with Crippen molar-refractivity contribution in [2.75, 3.05) is 6.54 Å². The van der Waals surface area contributed by atoms with E-state index in [1.165, 1.54) is 6.92 Å². The van der Waals surface area contributed by atoms with Crippen molar-refractivity contribution in [2.45, 2.75) is 33.6 Å². The minimum atomic E-state index is -0.0282. The first-order valence-corrected chi connectivity index (χ1v) is 4.32. The fraction of sp³-hybridized carbons (Fsp3) is 0.778. The molecule has 0 saturated heterocycles. The molecule has 12 heavy (non-hydrogen) atoms. The molecule has 1 amide bonds. The number of carbonyl (C=O) groups excluding carboxylic acids is 2. The van der Waals surface area contributed by atoms with Gasteiger partial charge < -0.3 is 5.32 Å². The highest BCUT2D eigenvalue weighted by molar-refractivity contribution is 5.84. The van der Waals surface area contributed by atoms with Gasteiger partial charge in [-0.05, 0) is 12.8 Å². The van der Waals surface area contributed by atoms with Gasteiger partial charge in [-0.3, -0.25) is 9.59 Å². The van der Waals surface area contributed by atoms with Crippen LogP contribution < -0.4 is 5.32 Å². The second-order valence-electron chi connectivity index (χ2n) is 3.20. The van der Waals surface area contributed by atoms with Crippen LogP contribution in [0.3, 0.4) is 0 Å². The van der Waals surface area contributed by atoms with Crippen molar-refractivity contribution in [3.63, 3.8) is 0 Å². The molecule has 0 aliphatic carbocycles. The fourth-order valence-corrected chi connectivity index (χ4v) is 0.756. The van der Waals surface area contributed by atoms with Crippen LogP contribution in [0.15, 0.2) is 0 Å². The van der Waals surface area contributed by atoms with Gasteiger partial charge in [-0.15, -0.1) is 0 Å². The summed E-state index contributed by atoms with van der Waals surface area (Å²) >= 11 is 0. The Hall–Kier alpha value is -0.860. The van der Waals surface area contributed by atoms with Gasteiger partial charge in [-0.1, -0.05) is 20.3 Å². The van der Waals surface area contributed by atoms with E-state index in [1.807, 2.05) is 13.8 Å². The number of nitrogens with one attached hydrogen (secondary N) is 1. The molecule has 3 heteroatoms. The molecule has 1 unspecified atom stereocenters. The van der Waals surface area contributed by atoms with Crippen molar-refractivity contribution in [3.8, 4) is 0 Å². The van der Waals surface area contributed by atoms with Crippen molar-refractivity contribution < 1.29 is 9.59 Å². The number of carbonyl (C=O) groups is 2. The van der Waals surface area contributed by atoms with Gasteiger partial charge in [-0.2, -0.15) is 0 Å². The topological polar surface area (TPSA) is 46.2 Å². The molecule has 0 aliphatic rings. The zero-order valence-electron chi connectivity index (χ0n) is 8.02. The summed E-state index contributed by atoms with van der Waals surface area (Å²) in [5.74, 6) is 0.365. The predicted octanol–water partition coefficient (Wildman–Crippen LogP) is 1.13. The molecule has 0 heterocycles. The summed E-state index contributed by atoms with van der Waals surface area (Å²) in [6.07, 6.45) is 1.51. The van der Waals surface area contributed by atoms with Crippen LogP contribution in [-0.4, -0.2) is 18.2 Å². The Labute approximate surface area is 73.5 Å². The Bertz CT molecular complexity index is 166. The van der Waals surface area contributed by atoms with E-state index in [1.54, 1.807) is 0 Å². The van der Waals surface area contributed by atoms with Crippen LogP contribution in [0, 0.1) is 5.92 Å². The summed E-state index contributed by atoms with van der Waals surface area (Å²) in [6, 6.07) is 0. The molecule has 1 atom stereocenters. The summed E-state index contributed by atoms with van der Waals surface area (Å²) in [4.78, 5) is 21.5. The Balaban J connectivity index is 3.53. The lowest BCUT2D eigenvalue weighted by Crippen LogP contribution is -2.29. The highest BCUT2D eigenvalue weighted by atomic mass is 16.2. The number of ketones is 1. The van der Waals surface area contributed by atoms with Crippen LogP contribution in [0.5, 0.6) is 0 Å². The van der Waals surface area contributed by atoms with Crippen LogP contribution in [0.2, 0.25) is 0 Å². The molecule has 0 aromatic rings. The lowest BCUT2D eigenvalue weighted by atomic mass is 10.1. The van der Waals surface area contributed by atoms with E-state index >= 15 is 0 Å². The first-order chi connectivity index (χ1) is 5.56. The summed E-state index contributed by atoms with van der Waals surface area (Å²) in [5.41, 5.74) is 0. The maximum absolute atomic E-state index is 11.1. The van der Waals surface area contributed by atoms with Crippen molar-refractivity contribution in [3.05, 3.63) is 0 Å². The number of amides is 1. The van der Waals surface area contributed by atoms with Crippen LogP contribution >= 0.6 is 0 Å². The SMILES string of the molecule is CCC(C)CC(=O)NCC(C)=O. The van der Waals surface area contributed by atoms with Crippen molar-refractivity contribution in [2.24, 2.45) is 5.92 Å². The first kappa shape index (κ1) is 11.1. The molecule has 0 rings (SSSR count). The van der Waals surface area contributed by atoms with Gasteiger partial charge in [0.2, 0.25) is 5.91 Å². The average Bonchev–Trinajstić information content (AvgIpc) is 2.00. The summed E-state index contributed by atoms with van der Waals surface area (Å²) < 4.78 is 0. The number of rotatable bonds is 5. The molecule has 0 bridgehead atoms. The summed E-state index contributed by atoms with van der Waals surface area (Å²) in [6.45, 7) is 5.69. The maximum atomic E-state index is 11.1. The lowest BCUT2D eigenvalue weighted by molar-refractivity contribution is -0.125. The molecule has 70 valence electrons. The van der Waals surface area contributed by atoms with Crippen molar-refractivity contribution in [1.82, 2.24) is 5.32 Å². The van der Waals surface area contributed by atoms with Crippen LogP contribution in [-0.2, 0) is 9.59 Å². The predicted molar refractivity (Wildman–Crippen MR) is 47.8 cm³/mol. The molecule has 1 N–H and O–H groups in total. The van der Waals surface area contributed by atoms with Crippen LogP contribution in [0.1, 0.15) is 33.6 Å². The van der Waals surface area contributed by atoms with Gasteiger partial charge >= 0.3 is 0 Å². The number of Topliss-reactive ketones (excluding diaryl/α,β-unsaturated/α-hetero) is 1. The Morgan fingerprint density at radius 1 is 1.42 bits per heavy atom. The molecule has 0 aromatic heterocycles. The third-order valence-corrected chi connectivity index (χ3v) is 1.77. The molecule has 3 nitrogen and oxygen atoms in total.